The Morgan fingerprint density at radius 2 is 1.86 bits per heavy atom. The standard InChI is InChI=1S/C18H21ClN2O/c1-12-7-6-10-17(13(12)2)21-18(22)11-20-14(3)15-8-4-5-9-16(15)19/h4-10,14,20H,11H2,1-3H3,(H,21,22)/t14-/m0/s1. The first-order valence-electron chi connectivity index (χ1n) is 7.33. The van der Waals surface area contributed by atoms with Crippen molar-refractivity contribution in [2.24, 2.45) is 0 Å². The molecule has 1 amide bonds. The molecule has 0 aliphatic heterocycles. The molecule has 3 nitrogen and oxygen atoms in total. The van der Waals surface area contributed by atoms with Crippen molar-refractivity contribution in [1.82, 2.24) is 5.32 Å². The molecular weight excluding hydrogens is 296 g/mol. The predicted molar refractivity (Wildman–Crippen MR) is 92.4 cm³/mol. The van der Waals surface area contributed by atoms with Crippen LogP contribution in [0.2, 0.25) is 5.02 Å². The molecule has 22 heavy (non-hydrogen) atoms. The highest BCUT2D eigenvalue weighted by Crippen LogP contribution is 2.22. The molecule has 0 aliphatic carbocycles. The van der Waals surface area contributed by atoms with Crippen LogP contribution in [0.25, 0.3) is 0 Å². The van der Waals surface area contributed by atoms with Gasteiger partial charge in [-0.15, -0.1) is 0 Å². The third kappa shape index (κ3) is 4.09. The molecule has 0 saturated heterocycles. The van der Waals surface area contributed by atoms with Crippen LogP contribution in [-0.2, 0) is 4.79 Å². The molecule has 0 aliphatic rings. The van der Waals surface area contributed by atoms with Crippen LogP contribution in [0.1, 0.15) is 29.7 Å². The molecule has 0 unspecified atom stereocenters. The minimum Gasteiger partial charge on any atom is -0.325 e. The third-order valence-electron chi connectivity index (χ3n) is 3.82. The number of carbonyl (C=O) groups is 1. The lowest BCUT2D eigenvalue weighted by Gasteiger charge is -2.16. The summed E-state index contributed by atoms with van der Waals surface area (Å²) in [5.41, 5.74) is 4.10. The maximum atomic E-state index is 12.1. The van der Waals surface area contributed by atoms with Gasteiger partial charge in [0, 0.05) is 16.8 Å². The second kappa shape index (κ2) is 7.43. The first kappa shape index (κ1) is 16.5. The average molecular weight is 317 g/mol. The van der Waals surface area contributed by atoms with Crippen molar-refractivity contribution in [3.63, 3.8) is 0 Å². The highest BCUT2D eigenvalue weighted by molar-refractivity contribution is 6.31. The van der Waals surface area contributed by atoms with E-state index in [4.69, 9.17) is 11.6 Å². The van der Waals surface area contributed by atoms with Crippen LogP contribution in [0.4, 0.5) is 5.69 Å². The van der Waals surface area contributed by atoms with Crippen LogP contribution in [0.3, 0.4) is 0 Å². The van der Waals surface area contributed by atoms with Crippen molar-refractivity contribution in [2.75, 3.05) is 11.9 Å². The van der Waals surface area contributed by atoms with Gasteiger partial charge in [0.2, 0.25) is 5.91 Å². The number of carbonyl (C=O) groups excluding carboxylic acids is 1. The van der Waals surface area contributed by atoms with Crippen LogP contribution >= 0.6 is 11.6 Å². The van der Waals surface area contributed by atoms with Crippen LogP contribution in [0, 0.1) is 13.8 Å². The monoisotopic (exact) mass is 316 g/mol. The third-order valence-corrected chi connectivity index (χ3v) is 4.16. The lowest BCUT2D eigenvalue weighted by Crippen LogP contribution is -2.30. The van der Waals surface area contributed by atoms with Crippen molar-refractivity contribution in [3.05, 3.63) is 64.2 Å². The Kier molecular flexibility index (Phi) is 5.58. The minimum absolute atomic E-state index is 0.0121. The summed E-state index contributed by atoms with van der Waals surface area (Å²) in [6, 6.07) is 13.5. The molecule has 1 atom stereocenters. The van der Waals surface area contributed by atoms with Gasteiger partial charge in [0.25, 0.3) is 0 Å². The normalized spacial score (nSPS) is 12.0. The zero-order chi connectivity index (χ0) is 16.1. The van der Waals surface area contributed by atoms with Gasteiger partial charge in [0.05, 0.1) is 6.54 Å². The van der Waals surface area contributed by atoms with Gasteiger partial charge >= 0.3 is 0 Å². The molecular formula is C18H21ClN2O. The number of halogens is 1. The maximum absolute atomic E-state index is 12.1. The topological polar surface area (TPSA) is 41.1 Å². The van der Waals surface area contributed by atoms with Crippen LogP contribution < -0.4 is 10.6 Å². The Hall–Kier alpha value is -1.84. The maximum Gasteiger partial charge on any atom is 0.238 e. The van der Waals surface area contributed by atoms with E-state index >= 15 is 0 Å². The number of rotatable bonds is 5. The minimum atomic E-state index is -0.0624. The first-order valence-corrected chi connectivity index (χ1v) is 7.70. The Labute approximate surface area is 136 Å². The Morgan fingerprint density at radius 1 is 1.14 bits per heavy atom. The van der Waals surface area contributed by atoms with Gasteiger partial charge in [-0.2, -0.15) is 0 Å². The largest absolute Gasteiger partial charge is 0.325 e. The summed E-state index contributed by atoms with van der Waals surface area (Å²) < 4.78 is 0. The number of nitrogens with one attached hydrogen (secondary N) is 2. The van der Waals surface area contributed by atoms with Crippen molar-refractivity contribution in [2.45, 2.75) is 26.8 Å². The van der Waals surface area contributed by atoms with E-state index in [-0.39, 0.29) is 18.5 Å². The van der Waals surface area contributed by atoms with E-state index in [0.29, 0.717) is 5.02 Å². The van der Waals surface area contributed by atoms with E-state index in [1.807, 2.05) is 63.2 Å². The molecule has 2 aromatic rings. The zero-order valence-electron chi connectivity index (χ0n) is 13.1. The lowest BCUT2D eigenvalue weighted by molar-refractivity contribution is -0.115. The van der Waals surface area contributed by atoms with E-state index in [1.165, 1.54) is 0 Å². The van der Waals surface area contributed by atoms with Gasteiger partial charge in [-0.25, -0.2) is 0 Å². The summed E-state index contributed by atoms with van der Waals surface area (Å²) in [4.78, 5) is 12.1. The van der Waals surface area contributed by atoms with E-state index in [0.717, 1.165) is 22.4 Å². The van der Waals surface area contributed by atoms with Gasteiger partial charge in [-0.05, 0) is 49.6 Å². The molecule has 0 radical (unpaired) electrons. The summed E-state index contributed by atoms with van der Waals surface area (Å²) in [5.74, 6) is -0.0624. The van der Waals surface area contributed by atoms with Crippen molar-refractivity contribution in [1.29, 1.82) is 0 Å². The van der Waals surface area contributed by atoms with Crippen LogP contribution in [0.5, 0.6) is 0 Å². The number of anilines is 1. The fourth-order valence-electron chi connectivity index (χ4n) is 2.26. The fourth-order valence-corrected chi connectivity index (χ4v) is 2.56. The molecule has 0 fully saturated rings. The molecule has 0 bridgehead atoms. The van der Waals surface area contributed by atoms with E-state index in [2.05, 4.69) is 10.6 Å². The average Bonchev–Trinajstić information content (AvgIpc) is 2.50. The van der Waals surface area contributed by atoms with Crippen molar-refractivity contribution >= 4 is 23.2 Å². The molecule has 2 N–H and O–H groups in total. The van der Waals surface area contributed by atoms with Crippen LogP contribution in [-0.4, -0.2) is 12.5 Å². The summed E-state index contributed by atoms with van der Waals surface area (Å²) in [7, 11) is 0. The SMILES string of the molecule is Cc1cccc(NC(=O)CN[C@@H](C)c2ccccc2Cl)c1C. The summed E-state index contributed by atoms with van der Waals surface area (Å²) in [5, 5.41) is 6.84. The number of amides is 1. The highest BCUT2D eigenvalue weighted by Gasteiger charge is 2.11. The fraction of sp³-hybridized carbons (Fsp3) is 0.278. The van der Waals surface area contributed by atoms with Gasteiger partial charge < -0.3 is 10.6 Å². The first-order chi connectivity index (χ1) is 10.5. The van der Waals surface area contributed by atoms with E-state index < -0.39 is 0 Å². The Morgan fingerprint density at radius 3 is 2.59 bits per heavy atom. The molecule has 0 spiro atoms. The van der Waals surface area contributed by atoms with Crippen molar-refractivity contribution < 1.29 is 4.79 Å². The molecule has 0 heterocycles. The molecule has 2 aromatic carbocycles. The Bertz CT molecular complexity index is 670. The van der Waals surface area contributed by atoms with Crippen LogP contribution in [0.15, 0.2) is 42.5 Å². The second-order valence-electron chi connectivity index (χ2n) is 5.42. The summed E-state index contributed by atoms with van der Waals surface area (Å²) in [6.45, 7) is 6.26. The smallest absolute Gasteiger partial charge is 0.238 e. The molecule has 2 rings (SSSR count). The summed E-state index contributed by atoms with van der Waals surface area (Å²) >= 11 is 6.16. The van der Waals surface area contributed by atoms with Crippen molar-refractivity contribution in [3.8, 4) is 0 Å². The molecule has 0 saturated carbocycles. The van der Waals surface area contributed by atoms with Gasteiger partial charge in [-0.1, -0.05) is 41.9 Å². The summed E-state index contributed by atoms with van der Waals surface area (Å²) in [6.07, 6.45) is 0. The van der Waals surface area contributed by atoms with Gasteiger partial charge in [0.15, 0.2) is 0 Å². The number of hydrogen-bond acceptors (Lipinski definition) is 2. The number of benzene rings is 2. The second-order valence-corrected chi connectivity index (χ2v) is 5.83. The van der Waals surface area contributed by atoms with E-state index in [9.17, 15) is 4.79 Å². The number of aryl methyl sites for hydroxylation is 1. The van der Waals surface area contributed by atoms with Gasteiger partial charge in [-0.3, -0.25) is 4.79 Å². The quantitative estimate of drug-likeness (QED) is 0.866. The molecule has 4 heteroatoms. The lowest BCUT2D eigenvalue weighted by atomic mass is 10.1. The number of hydrogen-bond donors (Lipinski definition) is 2. The highest BCUT2D eigenvalue weighted by atomic mass is 35.5. The van der Waals surface area contributed by atoms with E-state index in [1.54, 1.807) is 0 Å². The zero-order valence-corrected chi connectivity index (χ0v) is 13.9. The predicted octanol–water partition coefficient (Wildman–Crippen LogP) is 4.25. The molecule has 116 valence electrons. The molecule has 0 aromatic heterocycles. The van der Waals surface area contributed by atoms with Gasteiger partial charge in [0.1, 0.15) is 0 Å². The Balaban J connectivity index is 1.93.